The highest BCUT2D eigenvalue weighted by atomic mass is 16.5. The van der Waals surface area contributed by atoms with E-state index in [0.717, 1.165) is 18.0 Å². The van der Waals surface area contributed by atoms with Crippen LogP contribution < -0.4 is 10.1 Å². The summed E-state index contributed by atoms with van der Waals surface area (Å²) >= 11 is 0. The second-order valence-electron chi connectivity index (χ2n) is 6.97. The third kappa shape index (κ3) is 4.80. The van der Waals surface area contributed by atoms with Crippen molar-refractivity contribution in [3.05, 3.63) is 78.2 Å². The van der Waals surface area contributed by atoms with Crippen LogP contribution in [0.1, 0.15) is 31.9 Å². The summed E-state index contributed by atoms with van der Waals surface area (Å²) in [5.41, 5.74) is 3.55. The lowest BCUT2D eigenvalue weighted by Crippen LogP contribution is -2.10. The Bertz CT molecular complexity index is 791. The third-order valence-electron chi connectivity index (χ3n) is 3.93. The molecular formula is C21H23N3O. The van der Waals surface area contributed by atoms with Crippen molar-refractivity contribution in [1.82, 2.24) is 9.97 Å². The summed E-state index contributed by atoms with van der Waals surface area (Å²) in [5.74, 6) is 1.37. The largest absolute Gasteiger partial charge is 0.439 e. The van der Waals surface area contributed by atoms with Crippen molar-refractivity contribution in [1.29, 1.82) is 0 Å². The van der Waals surface area contributed by atoms with Gasteiger partial charge >= 0.3 is 0 Å². The highest BCUT2D eigenvalue weighted by Crippen LogP contribution is 2.26. The minimum absolute atomic E-state index is 0.138. The molecular weight excluding hydrogens is 310 g/mol. The summed E-state index contributed by atoms with van der Waals surface area (Å²) in [6.45, 7) is 7.32. The fourth-order valence-electron chi connectivity index (χ4n) is 2.39. The molecule has 0 atom stereocenters. The van der Waals surface area contributed by atoms with Gasteiger partial charge in [0.15, 0.2) is 0 Å². The molecule has 1 N–H and O–H groups in total. The first kappa shape index (κ1) is 17.0. The number of nitrogens with one attached hydrogen (secondary N) is 1. The molecule has 0 fully saturated rings. The van der Waals surface area contributed by atoms with Gasteiger partial charge < -0.3 is 10.1 Å². The zero-order chi connectivity index (χ0) is 17.7. The number of nitrogens with zero attached hydrogens (tertiary/aromatic N) is 2. The van der Waals surface area contributed by atoms with Crippen LogP contribution in [0.15, 0.2) is 67.1 Å². The van der Waals surface area contributed by atoms with Crippen LogP contribution in [0.5, 0.6) is 11.6 Å². The Balaban J connectivity index is 1.59. The fraction of sp³-hybridized carbons (Fsp3) is 0.238. The maximum absolute atomic E-state index is 5.82. The van der Waals surface area contributed by atoms with Gasteiger partial charge in [-0.1, -0.05) is 32.9 Å². The van der Waals surface area contributed by atoms with Gasteiger partial charge in [-0.3, -0.25) is 4.98 Å². The van der Waals surface area contributed by atoms with Crippen LogP contribution in [-0.2, 0) is 12.0 Å². The molecule has 128 valence electrons. The number of benzene rings is 1. The zero-order valence-electron chi connectivity index (χ0n) is 14.9. The maximum Gasteiger partial charge on any atom is 0.219 e. The molecule has 25 heavy (non-hydrogen) atoms. The SMILES string of the molecule is CC(C)(C)c1ccc(Oc2ccc(NCc3ccncc3)cn2)cc1. The summed E-state index contributed by atoms with van der Waals surface area (Å²) in [6, 6.07) is 16.0. The van der Waals surface area contributed by atoms with Crippen molar-refractivity contribution in [2.45, 2.75) is 32.7 Å². The van der Waals surface area contributed by atoms with Crippen LogP contribution in [0.3, 0.4) is 0 Å². The molecule has 0 unspecified atom stereocenters. The number of hydrogen-bond donors (Lipinski definition) is 1. The minimum Gasteiger partial charge on any atom is -0.439 e. The molecule has 2 aromatic heterocycles. The molecule has 0 aliphatic carbocycles. The van der Waals surface area contributed by atoms with Gasteiger partial charge in [0.25, 0.3) is 0 Å². The van der Waals surface area contributed by atoms with E-state index in [0.29, 0.717) is 5.88 Å². The minimum atomic E-state index is 0.138. The Kier molecular flexibility index (Phi) is 4.98. The lowest BCUT2D eigenvalue weighted by molar-refractivity contribution is 0.462. The molecule has 0 amide bonds. The smallest absolute Gasteiger partial charge is 0.219 e. The number of rotatable bonds is 5. The highest BCUT2D eigenvalue weighted by Gasteiger charge is 2.13. The van der Waals surface area contributed by atoms with E-state index >= 15 is 0 Å². The van der Waals surface area contributed by atoms with Gasteiger partial charge in [0.05, 0.1) is 11.9 Å². The van der Waals surface area contributed by atoms with Crippen molar-refractivity contribution < 1.29 is 4.74 Å². The van der Waals surface area contributed by atoms with E-state index in [9.17, 15) is 0 Å². The summed E-state index contributed by atoms with van der Waals surface area (Å²) < 4.78 is 5.82. The first-order valence-electron chi connectivity index (χ1n) is 8.38. The molecule has 1 aromatic carbocycles. The Morgan fingerprint density at radius 2 is 1.64 bits per heavy atom. The van der Waals surface area contributed by atoms with Gasteiger partial charge in [-0.2, -0.15) is 0 Å². The van der Waals surface area contributed by atoms with E-state index < -0.39 is 0 Å². The zero-order valence-corrected chi connectivity index (χ0v) is 14.9. The van der Waals surface area contributed by atoms with Crippen LogP contribution >= 0.6 is 0 Å². The van der Waals surface area contributed by atoms with E-state index in [2.05, 4.69) is 48.2 Å². The van der Waals surface area contributed by atoms with Crippen LogP contribution in [0, 0.1) is 0 Å². The molecule has 4 heteroatoms. The number of anilines is 1. The predicted octanol–water partition coefficient (Wildman–Crippen LogP) is 5.18. The Morgan fingerprint density at radius 1 is 0.920 bits per heavy atom. The van der Waals surface area contributed by atoms with E-state index in [1.807, 2.05) is 36.4 Å². The third-order valence-corrected chi connectivity index (χ3v) is 3.93. The van der Waals surface area contributed by atoms with Crippen molar-refractivity contribution in [3.8, 4) is 11.6 Å². The van der Waals surface area contributed by atoms with Crippen LogP contribution in [0.4, 0.5) is 5.69 Å². The van der Waals surface area contributed by atoms with Gasteiger partial charge in [-0.05, 0) is 46.9 Å². The summed E-state index contributed by atoms with van der Waals surface area (Å²) in [4.78, 5) is 8.37. The first-order chi connectivity index (χ1) is 12.0. The van der Waals surface area contributed by atoms with Crippen LogP contribution in [0.25, 0.3) is 0 Å². The average Bonchev–Trinajstić information content (AvgIpc) is 2.62. The fourth-order valence-corrected chi connectivity index (χ4v) is 2.39. The lowest BCUT2D eigenvalue weighted by atomic mass is 9.87. The van der Waals surface area contributed by atoms with Gasteiger partial charge in [0, 0.05) is 25.0 Å². The van der Waals surface area contributed by atoms with E-state index in [1.54, 1.807) is 18.6 Å². The normalized spacial score (nSPS) is 11.2. The lowest BCUT2D eigenvalue weighted by Gasteiger charge is -2.19. The quantitative estimate of drug-likeness (QED) is 0.699. The van der Waals surface area contributed by atoms with Gasteiger partial charge in [0.1, 0.15) is 5.75 Å². The molecule has 3 rings (SSSR count). The number of ether oxygens (including phenoxy) is 1. The first-order valence-corrected chi connectivity index (χ1v) is 8.38. The van der Waals surface area contributed by atoms with E-state index in [-0.39, 0.29) is 5.41 Å². The van der Waals surface area contributed by atoms with Gasteiger partial charge in [0.2, 0.25) is 5.88 Å². The number of aromatic nitrogens is 2. The predicted molar refractivity (Wildman–Crippen MR) is 101 cm³/mol. The van der Waals surface area contributed by atoms with Gasteiger partial charge in [-0.25, -0.2) is 4.98 Å². The molecule has 0 aliphatic rings. The van der Waals surface area contributed by atoms with E-state index in [4.69, 9.17) is 4.74 Å². The Labute approximate surface area is 148 Å². The monoisotopic (exact) mass is 333 g/mol. The second-order valence-corrected chi connectivity index (χ2v) is 6.97. The summed E-state index contributed by atoms with van der Waals surface area (Å²) in [6.07, 6.45) is 5.36. The molecule has 2 heterocycles. The molecule has 0 bridgehead atoms. The highest BCUT2D eigenvalue weighted by molar-refractivity contribution is 5.43. The molecule has 0 aliphatic heterocycles. The molecule has 0 radical (unpaired) electrons. The average molecular weight is 333 g/mol. The second kappa shape index (κ2) is 7.34. The Morgan fingerprint density at radius 3 is 2.24 bits per heavy atom. The standard InChI is InChI=1S/C21H23N3O/c1-21(2,3)17-4-7-19(8-5-17)25-20-9-6-18(15-24-20)23-14-16-10-12-22-13-11-16/h4-13,15,23H,14H2,1-3H3. The van der Waals surface area contributed by atoms with Crippen molar-refractivity contribution >= 4 is 5.69 Å². The van der Waals surface area contributed by atoms with Crippen molar-refractivity contribution in [2.24, 2.45) is 0 Å². The van der Waals surface area contributed by atoms with Crippen LogP contribution in [0.2, 0.25) is 0 Å². The van der Waals surface area contributed by atoms with Crippen LogP contribution in [-0.4, -0.2) is 9.97 Å². The Hall–Kier alpha value is -2.88. The number of hydrogen-bond acceptors (Lipinski definition) is 4. The molecule has 4 nitrogen and oxygen atoms in total. The summed E-state index contributed by atoms with van der Waals surface area (Å²) in [7, 11) is 0. The number of pyridine rings is 2. The molecule has 3 aromatic rings. The van der Waals surface area contributed by atoms with E-state index in [1.165, 1.54) is 11.1 Å². The topological polar surface area (TPSA) is 47.0 Å². The summed E-state index contributed by atoms with van der Waals surface area (Å²) in [5, 5.41) is 3.33. The maximum atomic E-state index is 5.82. The van der Waals surface area contributed by atoms with Gasteiger partial charge in [-0.15, -0.1) is 0 Å². The van der Waals surface area contributed by atoms with Crippen molar-refractivity contribution in [2.75, 3.05) is 5.32 Å². The molecule has 0 spiro atoms. The molecule has 0 saturated heterocycles. The van der Waals surface area contributed by atoms with Crippen molar-refractivity contribution in [3.63, 3.8) is 0 Å². The molecule has 0 saturated carbocycles.